The highest BCUT2D eigenvalue weighted by atomic mass is 79.9. The van der Waals surface area contributed by atoms with Crippen LogP contribution in [0.15, 0.2) is 34.8 Å². The SMILES string of the molecule is CC(C1CC1)n1nc(-c2cccc(Br)c2)cc1N. The van der Waals surface area contributed by atoms with Gasteiger partial charge in [-0.1, -0.05) is 28.1 Å². The van der Waals surface area contributed by atoms with Gasteiger partial charge in [-0.3, -0.25) is 0 Å². The molecule has 0 radical (unpaired) electrons. The van der Waals surface area contributed by atoms with Gasteiger partial charge >= 0.3 is 0 Å². The number of nitrogens with two attached hydrogens (primary N) is 1. The molecule has 0 bridgehead atoms. The van der Waals surface area contributed by atoms with Crippen molar-refractivity contribution in [1.82, 2.24) is 9.78 Å². The lowest BCUT2D eigenvalue weighted by Crippen LogP contribution is -2.11. The number of benzene rings is 1. The molecule has 1 unspecified atom stereocenters. The summed E-state index contributed by atoms with van der Waals surface area (Å²) in [6, 6.07) is 10.5. The summed E-state index contributed by atoms with van der Waals surface area (Å²) in [6.07, 6.45) is 2.60. The van der Waals surface area contributed by atoms with E-state index in [-0.39, 0.29) is 0 Å². The van der Waals surface area contributed by atoms with Crippen molar-refractivity contribution in [3.8, 4) is 11.3 Å². The normalized spacial score (nSPS) is 16.8. The minimum atomic E-state index is 0.408. The minimum absolute atomic E-state index is 0.408. The van der Waals surface area contributed by atoms with E-state index in [1.807, 2.05) is 22.9 Å². The molecule has 0 amide bonds. The van der Waals surface area contributed by atoms with Crippen LogP contribution in [0.4, 0.5) is 5.82 Å². The number of halogens is 1. The van der Waals surface area contributed by atoms with Gasteiger partial charge in [-0.15, -0.1) is 0 Å². The Labute approximate surface area is 115 Å². The summed E-state index contributed by atoms with van der Waals surface area (Å²) in [4.78, 5) is 0. The Morgan fingerprint density at radius 1 is 1.39 bits per heavy atom. The first-order chi connectivity index (χ1) is 8.65. The third kappa shape index (κ3) is 2.17. The predicted octanol–water partition coefficient (Wildman–Crippen LogP) is 3.87. The molecule has 1 fully saturated rings. The van der Waals surface area contributed by atoms with Crippen molar-refractivity contribution >= 4 is 21.7 Å². The molecule has 3 nitrogen and oxygen atoms in total. The summed E-state index contributed by atoms with van der Waals surface area (Å²) in [5.41, 5.74) is 8.11. The van der Waals surface area contributed by atoms with Gasteiger partial charge in [-0.25, -0.2) is 4.68 Å². The number of aromatic nitrogens is 2. The molecule has 3 rings (SSSR count). The Morgan fingerprint density at radius 2 is 2.17 bits per heavy atom. The van der Waals surface area contributed by atoms with Gasteiger partial charge in [0.25, 0.3) is 0 Å². The van der Waals surface area contributed by atoms with Crippen LogP contribution in [-0.4, -0.2) is 9.78 Å². The molecule has 1 aromatic heterocycles. The highest BCUT2D eigenvalue weighted by Gasteiger charge is 2.30. The molecule has 1 atom stereocenters. The summed E-state index contributed by atoms with van der Waals surface area (Å²) in [5, 5.41) is 4.65. The van der Waals surface area contributed by atoms with E-state index < -0.39 is 0 Å². The molecule has 1 aromatic carbocycles. The summed E-state index contributed by atoms with van der Waals surface area (Å²) in [5.74, 6) is 1.51. The molecule has 4 heteroatoms. The van der Waals surface area contributed by atoms with Gasteiger partial charge in [0.15, 0.2) is 0 Å². The van der Waals surface area contributed by atoms with Gasteiger partial charge in [-0.2, -0.15) is 5.10 Å². The summed E-state index contributed by atoms with van der Waals surface area (Å²) >= 11 is 3.48. The van der Waals surface area contributed by atoms with E-state index in [0.29, 0.717) is 6.04 Å². The third-order valence-corrected chi connectivity index (χ3v) is 4.07. The van der Waals surface area contributed by atoms with Crippen molar-refractivity contribution in [3.05, 3.63) is 34.8 Å². The lowest BCUT2D eigenvalue weighted by Gasteiger charge is -2.12. The molecule has 1 aliphatic carbocycles. The summed E-state index contributed by atoms with van der Waals surface area (Å²) < 4.78 is 3.02. The molecule has 94 valence electrons. The van der Waals surface area contributed by atoms with Crippen molar-refractivity contribution in [2.24, 2.45) is 5.92 Å². The Balaban J connectivity index is 1.96. The standard InChI is InChI=1S/C14H16BrN3/c1-9(10-5-6-10)18-14(16)8-13(17-18)11-3-2-4-12(15)7-11/h2-4,7-10H,5-6,16H2,1H3. The Kier molecular flexibility index (Phi) is 2.90. The van der Waals surface area contributed by atoms with Gasteiger partial charge in [0.05, 0.1) is 11.7 Å². The third-order valence-electron chi connectivity index (χ3n) is 3.57. The smallest absolute Gasteiger partial charge is 0.122 e. The van der Waals surface area contributed by atoms with Gasteiger partial charge in [0, 0.05) is 16.1 Å². The van der Waals surface area contributed by atoms with Crippen LogP contribution in [0.3, 0.4) is 0 Å². The Morgan fingerprint density at radius 3 is 2.83 bits per heavy atom. The number of anilines is 1. The average molecular weight is 306 g/mol. The van der Waals surface area contributed by atoms with E-state index in [0.717, 1.165) is 27.5 Å². The van der Waals surface area contributed by atoms with E-state index in [2.05, 4.69) is 40.1 Å². The molecule has 1 aliphatic rings. The van der Waals surface area contributed by atoms with Crippen molar-refractivity contribution < 1.29 is 0 Å². The Hall–Kier alpha value is -1.29. The zero-order chi connectivity index (χ0) is 12.7. The summed E-state index contributed by atoms with van der Waals surface area (Å²) in [6.45, 7) is 2.20. The molecular weight excluding hydrogens is 290 g/mol. The maximum absolute atomic E-state index is 6.07. The van der Waals surface area contributed by atoms with Gasteiger partial charge in [0.2, 0.25) is 0 Å². The molecule has 0 aliphatic heterocycles. The van der Waals surface area contributed by atoms with Crippen LogP contribution >= 0.6 is 15.9 Å². The number of hydrogen-bond donors (Lipinski definition) is 1. The van der Waals surface area contributed by atoms with E-state index in [1.165, 1.54) is 12.8 Å². The number of rotatable bonds is 3. The lowest BCUT2D eigenvalue weighted by molar-refractivity contribution is 0.447. The first kappa shape index (κ1) is 11.8. The topological polar surface area (TPSA) is 43.8 Å². The van der Waals surface area contributed by atoms with Crippen LogP contribution in [-0.2, 0) is 0 Å². The fourth-order valence-electron chi connectivity index (χ4n) is 2.30. The zero-order valence-corrected chi connectivity index (χ0v) is 11.9. The second kappa shape index (κ2) is 4.43. The van der Waals surface area contributed by atoms with Crippen molar-refractivity contribution in [2.75, 3.05) is 5.73 Å². The number of hydrogen-bond acceptors (Lipinski definition) is 2. The fourth-order valence-corrected chi connectivity index (χ4v) is 2.70. The average Bonchev–Trinajstić information content (AvgIpc) is 3.12. The second-order valence-electron chi connectivity index (χ2n) is 4.99. The summed E-state index contributed by atoms with van der Waals surface area (Å²) in [7, 11) is 0. The molecule has 0 spiro atoms. The van der Waals surface area contributed by atoms with Crippen LogP contribution in [0.25, 0.3) is 11.3 Å². The van der Waals surface area contributed by atoms with Crippen LogP contribution < -0.4 is 5.73 Å². The molecule has 1 saturated carbocycles. The van der Waals surface area contributed by atoms with Crippen LogP contribution in [0, 0.1) is 5.92 Å². The van der Waals surface area contributed by atoms with Crippen molar-refractivity contribution in [3.63, 3.8) is 0 Å². The van der Waals surface area contributed by atoms with E-state index in [4.69, 9.17) is 5.73 Å². The van der Waals surface area contributed by atoms with Crippen LogP contribution in [0.5, 0.6) is 0 Å². The molecule has 2 N–H and O–H groups in total. The lowest BCUT2D eigenvalue weighted by atomic mass is 10.2. The van der Waals surface area contributed by atoms with Gasteiger partial charge in [0.1, 0.15) is 5.82 Å². The molecule has 1 heterocycles. The molecule has 2 aromatic rings. The zero-order valence-electron chi connectivity index (χ0n) is 10.3. The largest absolute Gasteiger partial charge is 0.384 e. The van der Waals surface area contributed by atoms with E-state index in [1.54, 1.807) is 0 Å². The van der Waals surface area contributed by atoms with E-state index in [9.17, 15) is 0 Å². The Bertz CT molecular complexity index is 572. The monoisotopic (exact) mass is 305 g/mol. The molecular formula is C14H16BrN3. The van der Waals surface area contributed by atoms with Gasteiger partial charge < -0.3 is 5.73 Å². The van der Waals surface area contributed by atoms with Crippen molar-refractivity contribution in [2.45, 2.75) is 25.8 Å². The number of nitrogens with zero attached hydrogens (tertiary/aromatic N) is 2. The highest BCUT2D eigenvalue weighted by molar-refractivity contribution is 9.10. The second-order valence-corrected chi connectivity index (χ2v) is 5.90. The first-order valence-electron chi connectivity index (χ1n) is 6.26. The first-order valence-corrected chi connectivity index (χ1v) is 7.05. The maximum Gasteiger partial charge on any atom is 0.122 e. The number of nitrogen functional groups attached to an aromatic ring is 1. The predicted molar refractivity (Wildman–Crippen MR) is 77.2 cm³/mol. The highest BCUT2D eigenvalue weighted by Crippen LogP contribution is 2.40. The van der Waals surface area contributed by atoms with Crippen molar-refractivity contribution in [1.29, 1.82) is 0 Å². The van der Waals surface area contributed by atoms with E-state index >= 15 is 0 Å². The van der Waals surface area contributed by atoms with Crippen LogP contribution in [0.1, 0.15) is 25.8 Å². The fraction of sp³-hybridized carbons (Fsp3) is 0.357. The van der Waals surface area contributed by atoms with Gasteiger partial charge in [-0.05, 0) is 37.8 Å². The molecule has 18 heavy (non-hydrogen) atoms. The molecule has 0 saturated heterocycles. The maximum atomic E-state index is 6.07. The van der Waals surface area contributed by atoms with Crippen LogP contribution in [0.2, 0.25) is 0 Å². The minimum Gasteiger partial charge on any atom is -0.384 e. The quantitative estimate of drug-likeness (QED) is 0.935.